The molecule has 0 aliphatic heterocycles. The van der Waals surface area contributed by atoms with Gasteiger partial charge in [0, 0.05) is 44.5 Å². The molecule has 0 fully saturated rings. The lowest BCUT2D eigenvalue weighted by Gasteiger charge is -2.34. The Morgan fingerprint density at radius 1 is 0.464 bits per heavy atom. The summed E-state index contributed by atoms with van der Waals surface area (Å²) in [6.45, 7) is 2.29. The average Bonchev–Trinajstić information content (AvgIpc) is 3.52. The molecular formula is C54H44N2. The standard InChI is InChI=1S/C54H44N2/c1-38-34-36-42(37-35-38)56(41-24-10-4-11-25-41)54-47-30-13-5-12-26-43(47)51(46-29-16-19-33-50(46)54)52-44-27-14-17-31-48(44)53(49-32-18-15-28-45(49)52)55(39-20-6-2-7-21-39)40-22-8-3-9-23-40/h2,4-8,10-25,27-34,36-38H,3,9,26,35H2,1H3. The second-order valence-corrected chi connectivity index (χ2v) is 15.1. The first-order chi connectivity index (χ1) is 27.8. The Balaban J connectivity index is 1.33. The first-order valence-electron chi connectivity index (χ1n) is 20.1. The maximum absolute atomic E-state index is 2.51. The molecule has 270 valence electrons. The van der Waals surface area contributed by atoms with Gasteiger partial charge < -0.3 is 9.80 Å². The van der Waals surface area contributed by atoms with Crippen LogP contribution in [-0.2, 0) is 6.42 Å². The van der Waals surface area contributed by atoms with E-state index in [1.54, 1.807) is 0 Å². The highest BCUT2D eigenvalue weighted by Gasteiger charge is 2.29. The third-order valence-electron chi connectivity index (χ3n) is 11.6. The third kappa shape index (κ3) is 5.81. The number of hydrogen-bond acceptors (Lipinski definition) is 2. The summed E-state index contributed by atoms with van der Waals surface area (Å²) in [5, 5.41) is 7.50. The van der Waals surface area contributed by atoms with Crippen LogP contribution >= 0.6 is 0 Å². The molecule has 0 aromatic heterocycles. The summed E-state index contributed by atoms with van der Waals surface area (Å²) in [7, 11) is 0. The van der Waals surface area contributed by atoms with Gasteiger partial charge in [0.25, 0.3) is 0 Å². The predicted molar refractivity (Wildman–Crippen MR) is 241 cm³/mol. The molecule has 7 aromatic rings. The van der Waals surface area contributed by atoms with Crippen molar-refractivity contribution in [3.05, 3.63) is 211 Å². The smallest absolute Gasteiger partial charge is 0.0618 e. The topological polar surface area (TPSA) is 6.48 Å². The van der Waals surface area contributed by atoms with E-state index in [4.69, 9.17) is 0 Å². The molecule has 0 radical (unpaired) electrons. The summed E-state index contributed by atoms with van der Waals surface area (Å²) < 4.78 is 0. The fourth-order valence-corrected chi connectivity index (χ4v) is 9.06. The summed E-state index contributed by atoms with van der Waals surface area (Å²) in [5.41, 5.74) is 12.4. The summed E-state index contributed by atoms with van der Waals surface area (Å²) in [6, 6.07) is 49.1. The van der Waals surface area contributed by atoms with Gasteiger partial charge in [-0.3, -0.25) is 0 Å². The highest BCUT2D eigenvalue weighted by atomic mass is 15.2. The molecule has 1 atom stereocenters. The lowest BCUT2D eigenvalue weighted by atomic mass is 9.82. The molecule has 10 rings (SSSR count). The maximum Gasteiger partial charge on any atom is 0.0618 e. The number of nitrogens with zero attached hydrogens (tertiary/aromatic N) is 2. The van der Waals surface area contributed by atoms with Crippen molar-refractivity contribution in [2.75, 3.05) is 9.80 Å². The number of hydrogen-bond donors (Lipinski definition) is 0. The van der Waals surface area contributed by atoms with E-state index in [-0.39, 0.29) is 0 Å². The second kappa shape index (κ2) is 14.5. The van der Waals surface area contributed by atoms with Crippen LogP contribution in [0.3, 0.4) is 0 Å². The minimum absolute atomic E-state index is 0.518. The van der Waals surface area contributed by atoms with Crippen LogP contribution in [0, 0.1) is 5.92 Å². The van der Waals surface area contributed by atoms with E-state index >= 15 is 0 Å². The minimum atomic E-state index is 0.518. The van der Waals surface area contributed by atoms with Gasteiger partial charge in [-0.25, -0.2) is 0 Å². The van der Waals surface area contributed by atoms with Crippen LogP contribution in [0.1, 0.15) is 37.3 Å². The lowest BCUT2D eigenvalue weighted by Crippen LogP contribution is -2.19. The number of rotatable bonds is 7. The number of allylic oxidation sites excluding steroid dienone is 9. The van der Waals surface area contributed by atoms with Crippen molar-refractivity contribution in [3.63, 3.8) is 0 Å². The zero-order valence-corrected chi connectivity index (χ0v) is 31.8. The molecule has 0 bridgehead atoms. The average molecular weight is 721 g/mol. The van der Waals surface area contributed by atoms with E-state index in [1.807, 2.05) is 0 Å². The molecule has 3 aliphatic carbocycles. The summed E-state index contributed by atoms with van der Waals surface area (Å²) in [6.07, 6.45) is 27.2. The third-order valence-corrected chi connectivity index (χ3v) is 11.6. The van der Waals surface area contributed by atoms with Gasteiger partial charge in [-0.05, 0) is 101 Å². The summed E-state index contributed by atoms with van der Waals surface area (Å²) in [5.74, 6) is 0.518. The molecule has 0 N–H and O–H groups in total. The van der Waals surface area contributed by atoms with Crippen LogP contribution in [-0.4, -0.2) is 0 Å². The molecule has 2 nitrogen and oxygen atoms in total. The van der Waals surface area contributed by atoms with Crippen molar-refractivity contribution in [1.29, 1.82) is 0 Å². The van der Waals surface area contributed by atoms with Crippen LogP contribution < -0.4 is 9.80 Å². The first-order valence-corrected chi connectivity index (χ1v) is 20.1. The van der Waals surface area contributed by atoms with Gasteiger partial charge in [0.15, 0.2) is 0 Å². The number of anilines is 4. The van der Waals surface area contributed by atoms with Crippen LogP contribution in [0.5, 0.6) is 0 Å². The Bertz CT molecular complexity index is 2760. The van der Waals surface area contributed by atoms with Crippen molar-refractivity contribution in [3.8, 4) is 11.1 Å². The van der Waals surface area contributed by atoms with Crippen molar-refractivity contribution >= 4 is 61.1 Å². The van der Waals surface area contributed by atoms with E-state index in [0.29, 0.717) is 5.92 Å². The normalized spacial score (nSPS) is 16.1. The van der Waals surface area contributed by atoms with Crippen molar-refractivity contribution < 1.29 is 0 Å². The highest BCUT2D eigenvalue weighted by Crippen LogP contribution is 2.52. The monoisotopic (exact) mass is 720 g/mol. The van der Waals surface area contributed by atoms with Crippen LogP contribution in [0.2, 0.25) is 0 Å². The molecule has 1 unspecified atom stereocenters. The number of para-hydroxylation sites is 2. The molecule has 0 amide bonds. The largest absolute Gasteiger partial charge is 0.310 e. The molecule has 7 aromatic carbocycles. The molecule has 56 heavy (non-hydrogen) atoms. The van der Waals surface area contributed by atoms with E-state index in [9.17, 15) is 0 Å². The van der Waals surface area contributed by atoms with E-state index in [2.05, 4.69) is 211 Å². The second-order valence-electron chi connectivity index (χ2n) is 15.1. The number of benzene rings is 7. The van der Waals surface area contributed by atoms with Crippen molar-refractivity contribution in [1.82, 2.24) is 0 Å². The van der Waals surface area contributed by atoms with E-state index < -0.39 is 0 Å². The highest BCUT2D eigenvalue weighted by molar-refractivity contribution is 6.25. The van der Waals surface area contributed by atoms with Gasteiger partial charge in [-0.1, -0.05) is 165 Å². The summed E-state index contributed by atoms with van der Waals surface area (Å²) >= 11 is 0. The molecular weight excluding hydrogens is 677 g/mol. The fourth-order valence-electron chi connectivity index (χ4n) is 9.06. The minimum Gasteiger partial charge on any atom is -0.310 e. The van der Waals surface area contributed by atoms with E-state index in [0.717, 1.165) is 37.1 Å². The van der Waals surface area contributed by atoms with Crippen LogP contribution in [0.25, 0.3) is 49.5 Å². The quantitative estimate of drug-likeness (QED) is 0.151. The predicted octanol–water partition coefficient (Wildman–Crippen LogP) is 14.9. The van der Waals surface area contributed by atoms with Gasteiger partial charge in [-0.2, -0.15) is 0 Å². The van der Waals surface area contributed by atoms with Crippen molar-refractivity contribution in [2.24, 2.45) is 5.92 Å². The maximum atomic E-state index is 2.51. The van der Waals surface area contributed by atoms with Crippen LogP contribution in [0.4, 0.5) is 22.7 Å². The Labute approximate surface area is 330 Å². The van der Waals surface area contributed by atoms with Crippen LogP contribution in [0.15, 0.2) is 200 Å². The first kappa shape index (κ1) is 33.9. The SMILES string of the molecule is CC1C=CC(N(c2ccccc2)c2c3c(c(-c4c5ccccc5c(N(C5=CCCC=C5)c5ccccc5)c5ccccc45)c4ccccc24)CC=CC=C3)=CC1. The Morgan fingerprint density at radius 3 is 1.57 bits per heavy atom. The zero-order chi connectivity index (χ0) is 37.4. The molecule has 3 aliphatic rings. The van der Waals surface area contributed by atoms with Gasteiger partial charge in [0.2, 0.25) is 0 Å². The van der Waals surface area contributed by atoms with E-state index in [1.165, 1.54) is 77.3 Å². The zero-order valence-electron chi connectivity index (χ0n) is 31.8. The van der Waals surface area contributed by atoms with Gasteiger partial charge in [0.1, 0.15) is 0 Å². The van der Waals surface area contributed by atoms with Gasteiger partial charge in [0.05, 0.1) is 11.4 Å². The van der Waals surface area contributed by atoms with Crippen molar-refractivity contribution in [2.45, 2.75) is 32.6 Å². The lowest BCUT2D eigenvalue weighted by molar-refractivity contribution is 0.728. The Hall–Kier alpha value is -6.64. The number of fused-ring (bicyclic) bond motifs is 4. The van der Waals surface area contributed by atoms with Gasteiger partial charge in [-0.15, -0.1) is 0 Å². The molecule has 0 saturated carbocycles. The molecule has 0 saturated heterocycles. The molecule has 2 heteroatoms. The van der Waals surface area contributed by atoms with Gasteiger partial charge >= 0.3 is 0 Å². The molecule has 0 heterocycles. The Morgan fingerprint density at radius 2 is 1.00 bits per heavy atom. The summed E-state index contributed by atoms with van der Waals surface area (Å²) in [4.78, 5) is 4.99. The Kier molecular flexibility index (Phi) is 8.80. The molecule has 0 spiro atoms. The fraction of sp³-hybridized carbons (Fsp3) is 0.111.